The maximum atomic E-state index is 11.6. The van der Waals surface area contributed by atoms with Crippen LogP contribution in [0.3, 0.4) is 0 Å². The van der Waals surface area contributed by atoms with Crippen LogP contribution >= 0.6 is 0 Å². The Bertz CT molecular complexity index is 457. The molecule has 0 aliphatic heterocycles. The van der Waals surface area contributed by atoms with Gasteiger partial charge in [0, 0.05) is 5.56 Å². The summed E-state index contributed by atoms with van der Waals surface area (Å²) in [5.74, 6) is -0.689. The third-order valence-corrected chi connectivity index (χ3v) is 3.99. The molecule has 92 valence electrons. The predicted octanol–water partition coefficient (Wildman–Crippen LogP) is 2.91. The monoisotopic (exact) mass is 234 g/mol. The summed E-state index contributed by atoms with van der Waals surface area (Å²) in [6, 6.07) is 3.51. The Morgan fingerprint density at radius 2 is 1.71 bits per heavy atom. The van der Waals surface area contributed by atoms with Crippen molar-refractivity contribution in [3.63, 3.8) is 0 Å². The smallest absolute Gasteiger partial charge is 0.314 e. The van der Waals surface area contributed by atoms with Crippen LogP contribution in [0, 0.1) is 13.8 Å². The fourth-order valence-electron chi connectivity index (χ4n) is 2.76. The Morgan fingerprint density at radius 3 is 2.24 bits per heavy atom. The van der Waals surface area contributed by atoms with Gasteiger partial charge in [0.2, 0.25) is 0 Å². The number of rotatable bonds is 2. The molecule has 3 heteroatoms. The number of hydrogen-bond donors (Lipinski definition) is 2. The van der Waals surface area contributed by atoms with Crippen LogP contribution in [0.4, 0.5) is 0 Å². The van der Waals surface area contributed by atoms with Gasteiger partial charge in [-0.3, -0.25) is 4.79 Å². The maximum Gasteiger partial charge on any atom is 0.314 e. The average molecular weight is 234 g/mol. The van der Waals surface area contributed by atoms with Crippen LogP contribution in [-0.2, 0) is 10.2 Å². The molecular weight excluding hydrogens is 216 g/mol. The van der Waals surface area contributed by atoms with E-state index in [9.17, 15) is 15.0 Å². The van der Waals surface area contributed by atoms with Crippen molar-refractivity contribution in [3.05, 3.63) is 28.8 Å². The fourth-order valence-corrected chi connectivity index (χ4v) is 2.76. The lowest BCUT2D eigenvalue weighted by Gasteiger charge is -2.26. The van der Waals surface area contributed by atoms with Crippen LogP contribution in [0.25, 0.3) is 0 Å². The van der Waals surface area contributed by atoms with Gasteiger partial charge in [-0.1, -0.05) is 18.9 Å². The normalized spacial score (nSPS) is 18.2. The zero-order chi connectivity index (χ0) is 12.6. The van der Waals surface area contributed by atoms with Gasteiger partial charge in [-0.25, -0.2) is 0 Å². The predicted molar refractivity (Wildman–Crippen MR) is 65.4 cm³/mol. The van der Waals surface area contributed by atoms with Gasteiger partial charge in [0.25, 0.3) is 0 Å². The minimum absolute atomic E-state index is 0.123. The maximum absolute atomic E-state index is 11.6. The van der Waals surface area contributed by atoms with Crippen LogP contribution in [0.5, 0.6) is 5.75 Å². The number of carbonyl (C=O) groups is 1. The number of aliphatic carboxylic acids is 1. The summed E-state index contributed by atoms with van der Waals surface area (Å²) in [5.41, 5.74) is 1.74. The largest absolute Gasteiger partial charge is 0.508 e. The topological polar surface area (TPSA) is 57.5 Å². The number of aryl methyl sites for hydroxylation is 2. The lowest BCUT2D eigenvalue weighted by atomic mass is 9.77. The molecule has 2 N–H and O–H groups in total. The van der Waals surface area contributed by atoms with E-state index in [0.717, 1.165) is 24.0 Å². The lowest BCUT2D eigenvalue weighted by Crippen LogP contribution is -2.32. The third kappa shape index (κ3) is 1.79. The summed E-state index contributed by atoms with van der Waals surface area (Å²) in [4.78, 5) is 11.6. The van der Waals surface area contributed by atoms with Gasteiger partial charge in [0.1, 0.15) is 5.75 Å². The minimum Gasteiger partial charge on any atom is -0.508 e. The number of carboxylic acid groups (broad SMARTS) is 1. The van der Waals surface area contributed by atoms with E-state index >= 15 is 0 Å². The Balaban J connectivity index is 2.58. The Labute approximate surface area is 101 Å². The van der Waals surface area contributed by atoms with Gasteiger partial charge >= 0.3 is 5.97 Å². The molecule has 0 heterocycles. The van der Waals surface area contributed by atoms with E-state index in [2.05, 4.69) is 0 Å². The molecule has 3 nitrogen and oxygen atoms in total. The van der Waals surface area contributed by atoms with Crippen molar-refractivity contribution >= 4 is 5.97 Å². The highest BCUT2D eigenvalue weighted by Gasteiger charge is 2.44. The number of phenols is 1. The van der Waals surface area contributed by atoms with Crippen molar-refractivity contribution in [2.75, 3.05) is 0 Å². The minimum atomic E-state index is -0.872. The van der Waals surface area contributed by atoms with Crippen LogP contribution < -0.4 is 0 Å². The summed E-state index contributed by atoms with van der Waals surface area (Å²) in [6.45, 7) is 3.86. The van der Waals surface area contributed by atoms with Crippen LogP contribution in [0.15, 0.2) is 12.1 Å². The molecular formula is C14H18O3. The van der Waals surface area contributed by atoms with Gasteiger partial charge in [0.05, 0.1) is 5.41 Å². The number of carboxylic acids is 1. The van der Waals surface area contributed by atoms with E-state index in [1.807, 2.05) is 19.9 Å². The van der Waals surface area contributed by atoms with Crippen LogP contribution in [0.2, 0.25) is 0 Å². The standard InChI is InChI=1S/C14H18O3/c1-9-7-11(12(15)8-10(9)2)14(13(16)17)5-3-4-6-14/h7-8,15H,3-6H2,1-2H3,(H,16,17). The number of aromatic hydroxyl groups is 1. The van der Waals surface area contributed by atoms with Crippen LogP contribution in [-0.4, -0.2) is 16.2 Å². The molecule has 0 aromatic heterocycles. The Hall–Kier alpha value is -1.51. The molecule has 1 aliphatic rings. The second kappa shape index (κ2) is 4.06. The highest BCUT2D eigenvalue weighted by Crippen LogP contribution is 2.45. The summed E-state index contributed by atoms with van der Waals surface area (Å²) < 4.78 is 0. The van der Waals surface area contributed by atoms with Gasteiger partial charge in [-0.05, 0) is 43.9 Å². The van der Waals surface area contributed by atoms with E-state index < -0.39 is 11.4 Å². The molecule has 0 amide bonds. The number of benzene rings is 1. The van der Waals surface area contributed by atoms with E-state index in [4.69, 9.17) is 0 Å². The molecule has 1 aliphatic carbocycles. The highest BCUT2D eigenvalue weighted by atomic mass is 16.4. The van der Waals surface area contributed by atoms with Crippen molar-refractivity contribution in [3.8, 4) is 5.75 Å². The zero-order valence-electron chi connectivity index (χ0n) is 10.3. The third-order valence-electron chi connectivity index (χ3n) is 3.99. The van der Waals surface area contributed by atoms with Gasteiger partial charge in [-0.2, -0.15) is 0 Å². The summed E-state index contributed by atoms with van der Waals surface area (Å²) in [6.07, 6.45) is 3.08. The molecule has 2 rings (SSSR count). The summed E-state index contributed by atoms with van der Waals surface area (Å²) >= 11 is 0. The molecule has 0 atom stereocenters. The molecule has 0 radical (unpaired) electrons. The molecule has 0 spiro atoms. The molecule has 1 fully saturated rings. The zero-order valence-corrected chi connectivity index (χ0v) is 10.3. The second-order valence-corrected chi connectivity index (χ2v) is 5.05. The molecule has 1 aromatic carbocycles. The van der Waals surface area contributed by atoms with E-state index in [0.29, 0.717) is 18.4 Å². The average Bonchev–Trinajstić information content (AvgIpc) is 2.73. The molecule has 1 aromatic rings. The summed E-state index contributed by atoms with van der Waals surface area (Å²) in [7, 11) is 0. The quantitative estimate of drug-likeness (QED) is 0.827. The van der Waals surface area contributed by atoms with Crippen molar-refractivity contribution in [2.45, 2.75) is 44.9 Å². The van der Waals surface area contributed by atoms with Crippen molar-refractivity contribution < 1.29 is 15.0 Å². The van der Waals surface area contributed by atoms with Crippen molar-refractivity contribution in [2.24, 2.45) is 0 Å². The fraction of sp³-hybridized carbons (Fsp3) is 0.500. The van der Waals surface area contributed by atoms with Gasteiger partial charge < -0.3 is 10.2 Å². The van der Waals surface area contributed by atoms with Crippen LogP contribution in [0.1, 0.15) is 42.4 Å². The first kappa shape index (κ1) is 12.0. The molecule has 0 bridgehead atoms. The number of hydrogen-bond acceptors (Lipinski definition) is 2. The Morgan fingerprint density at radius 1 is 1.18 bits per heavy atom. The Kier molecular flexibility index (Phi) is 2.86. The molecule has 17 heavy (non-hydrogen) atoms. The lowest BCUT2D eigenvalue weighted by molar-refractivity contribution is -0.143. The molecule has 0 unspecified atom stereocenters. The first-order valence-corrected chi connectivity index (χ1v) is 6.01. The van der Waals surface area contributed by atoms with Crippen molar-refractivity contribution in [1.82, 2.24) is 0 Å². The van der Waals surface area contributed by atoms with Crippen molar-refractivity contribution in [1.29, 1.82) is 0 Å². The van der Waals surface area contributed by atoms with Gasteiger partial charge in [0.15, 0.2) is 0 Å². The van der Waals surface area contributed by atoms with E-state index in [-0.39, 0.29) is 5.75 Å². The second-order valence-electron chi connectivity index (χ2n) is 5.05. The SMILES string of the molecule is Cc1cc(O)c(C2(C(=O)O)CCCC2)cc1C. The first-order chi connectivity index (χ1) is 7.97. The van der Waals surface area contributed by atoms with E-state index in [1.165, 1.54) is 0 Å². The highest BCUT2D eigenvalue weighted by molar-refractivity contribution is 5.83. The number of phenolic OH excluding ortho intramolecular Hbond substituents is 1. The summed E-state index contributed by atoms with van der Waals surface area (Å²) in [5, 5.41) is 19.5. The first-order valence-electron chi connectivity index (χ1n) is 6.01. The molecule has 1 saturated carbocycles. The van der Waals surface area contributed by atoms with E-state index in [1.54, 1.807) is 6.07 Å². The molecule has 0 saturated heterocycles. The van der Waals surface area contributed by atoms with Gasteiger partial charge in [-0.15, -0.1) is 0 Å².